The Balaban J connectivity index is 1.47. The number of nitrogens with zero attached hydrogens (tertiary/aromatic N) is 3. The molecule has 4 unspecified atom stereocenters. The SMILES string of the molecule is COCCO[C@@H]1[C@H](OP(OCCC#N)N(C(C)C)C(C)C)[C@@H](COC(c2ccccc2)(c2ccc(OC)cc2)c2ccc(OC)cc2)O[C@H]1N1CNC2C(=O)NC(NC(=O)C(C)C)NC21. The molecule has 65 heavy (non-hydrogen) atoms. The van der Waals surface area contributed by atoms with Crippen molar-refractivity contribution in [3.63, 3.8) is 0 Å². The molecule has 3 aromatic rings. The largest absolute Gasteiger partial charge is 0.497 e. The van der Waals surface area contributed by atoms with E-state index in [2.05, 4.69) is 59.7 Å². The van der Waals surface area contributed by atoms with E-state index in [-0.39, 0.29) is 69.3 Å². The molecular weight excluding hydrogens is 854 g/mol. The van der Waals surface area contributed by atoms with E-state index < -0.39 is 57.2 Å². The lowest BCUT2D eigenvalue weighted by molar-refractivity contribution is -0.144. The number of nitrogens with one attached hydrogen (secondary N) is 4. The van der Waals surface area contributed by atoms with Crippen LogP contribution in [0.5, 0.6) is 11.5 Å². The van der Waals surface area contributed by atoms with Crippen LogP contribution >= 0.6 is 8.53 Å². The number of carbonyl (C=O) groups excluding carboxylic acids is 2. The number of carbonyl (C=O) groups is 2. The van der Waals surface area contributed by atoms with Gasteiger partial charge in [-0.25, -0.2) is 9.57 Å². The summed E-state index contributed by atoms with van der Waals surface area (Å²) in [4.78, 5) is 28.4. The van der Waals surface area contributed by atoms with Gasteiger partial charge in [0.1, 0.15) is 47.7 Å². The lowest BCUT2D eigenvalue weighted by Gasteiger charge is -2.40. The van der Waals surface area contributed by atoms with Crippen molar-refractivity contribution in [2.75, 3.05) is 54.4 Å². The van der Waals surface area contributed by atoms with Gasteiger partial charge < -0.3 is 48.1 Å². The normalized spacial score (nSPS) is 24.0. The van der Waals surface area contributed by atoms with Crippen LogP contribution in [0.2, 0.25) is 0 Å². The van der Waals surface area contributed by atoms with Crippen molar-refractivity contribution in [2.24, 2.45) is 5.92 Å². The third-order valence-corrected chi connectivity index (χ3v) is 13.7. The number of nitriles is 1. The van der Waals surface area contributed by atoms with Crippen LogP contribution in [0.3, 0.4) is 0 Å². The summed E-state index contributed by atoms with van der Waals surface area (Å²) in [6.45, 7) is 12.8. The zero-order valence-electron chi connectivity index (χ0n) is 38.9. The van der Waals surface area contributed by atoms with Gasteiger partial charge in [-0.2, -0.15) is 5.26 Å². The predicted molar refractivity (Wildman–Crippen MR) is 244 cm³/mol. The Morgan fingerprint density at radius 3 is 2.06 bits per heavy atom. The summed E-state index contributed by atoms with van der Waals surface area (Å²) in [5.74, 6) is 0.575. The van der Waals surface area contributed by atoms with Crippen molar-refractivity contribution in [3.05, 3.63) is 95.6 Å². The van der Waals surface area contributed by atoms with Crippen LogP contribution < -0.4 is 30.7 Å². The molecule has 354 valence electrons. The highest BCUT2D eigenvalue weighted by atomic mass is 31.2. The number of hydrogen-bond acceptors (Lipinski definition) is 15. The van der Waals surface area contributed by atoms with Crippen LogP contribution in [-0.2, 0) is 43.2 Å². The fraction of sp³-hybridized carbons (Fsp3) is 0.553. The van der Waals surface area contributed by atoms with Gasteiger partial charge in [0.15, 0.2) is 6.29 Å². The number of ether oxygens (including phenoxy) is 6. The highest BCUT2D eigenvalue weighted by molar-refractivity contribution is 7.44. The number of methoxy groups -OCH3 is 3. The molecule has 0 saturated carbocycles. The third kappa shape index (κ3) is 11.6. The summed E-state index contributed by atoms with van der Waals surface area (Å²) in [6, 6.07) is 27.1. The van der Waals surface area contributed by atoms with Gasteiger partial charge in [-0.15, -0.1) is 0 Å². The molecule has 2 amide bonds. The van der Waals surface area contributed by atoms with Gasteiger partial charge in [-0.1, -0.05) is 68.4 Å². The molecule has 0 aromatic heterocycles. The van der Waals surface area contributed by atoms with Crippen molar-refractivity contribution in [1.82, 2.24) is 30.8 Å². The molecule has 0 aliphatic carbocycles. The minimum absolute atomic E-state index is 0.00576. The summed E-state index contributed by atoms with van der Waals surface area (Å²) >= 11 is 0. The summed E-state index contributed by atoms with van der Waals surface area (Å²) in [5, 5.41) is 22.1. The Kier molecular flexibility index (Phi) is 18.1. The van der Waals surface area contributed by atoms with E-state index in [1.54, 1.807) is 35.2 Å². The van der Waals surface area contributed by atoms with Crippen LogP contribution in [0.4, 0.5) is 0 Å². The molecule has 3 aliphatic rings. The first-order chi connectivity index (χ1) is 31.4. The van der Waals surface area contributed by atoms with Crippen LogP contribution in [0.25, 0.3) is 0 Å². The van der Waals surface area contributed by atoms with Crippen LogP contribution in [-0.4, -0.2) is 131 Å². The topological polar surface area (TPSA) is 186 Å². The first-order valence-electron chi connectivity index (χ1n) is 22.2. The molecule has 8 atom stereocenters. The van der Waals surface area contributed by atoms with Crippen molar-refractivity contribution in [1.29, 1.82) is 5.26 Å². The Morgan fingerprint density at radius 2 is 1.51 bits per heavy atom. The highest BCUT2D eigenvalue weighted by Crippen LogP contribution is 2.51. The molecule has 3 fully saturated rings. The minimum atomic E-state index is -1.81. The lowest BCUT2D eigenvalue weighted by Crippen LogP contribution is -2.72. The first kappa shape index (κ1) is 50.1. The van der Waals surface area contributed by atoms with Crippen LogP contribution in [0.1, 0.15) is 64.7 Å². The maximum Gasteiger partial charge on any atom is 0.259 e. The lowest BCUT2D eigenvalue weighted by atomic mass is 9.80. The summed E-state index contributed by atoms with van der Waals surface area (Å²) in [5.41, 5.74) is 1.34. The van der Waals surface area contributed by atoms with Crippen LogP contribution in [0.15, 0.2) is 78.9 Å². The second-order valence-corrected chi connectivity index (χ2v) is 18.3. The highest BCUT2D eigenvalue weighted by Gasteiger charge is 2.56. The Morgan fingerprint density at radius 1 is 0.892 bits per heavy atom. The fourth-order valence-corrected chi connectivity index (χ4v) is 10.2. The minimum Gasteiger partial charge on any atom is -0.497 e. The quantitative estimate of drug-likeness (QED) is 0.0579. The molecular formula is C47H66N7O10P. The smallest absolute Gasteiger partial charge is 0.259 e. The van der Waals surface area contributed by atoms with E-state index in [4.69, 9.17) is 37.5 Å². The summed E-state index contributed by atoms with van der Waals surface area (Å²) in [7, 11) is 3.06. The number of benzene rings is 3. The standard InChI is InChI=1S/C47H66N7O10P/c1-30(2)43(55)51-46-50-42-39(44(56)52-46)49-29-53(42)45-41(60-27-26-57-7)40(64-65(62-25-13-24-48)54(31(3)4)32(5)6)38(63-45)28-61-47(33-14-11-10-12-15-33,34-16-20-36(58-8)21-17-34)35-18-22-37(59-9)23-19-35/h10-12,14-23,30-32,38-42,45-46,49-50H,13,25-29H2,1-9H3,(H,51,55)(H,52,56)/t38-,39?,40-,41-,42?,45-,46?,65?/m1/s1. The van der Waals surface area contributed by atoms with Crippen molar-refractivity contribution >= 4 is 20.3 Å². The first-order valence-corrected chi connectivity index (χ1v) is 23.3. The second-order valence-electron chi connectivity index (χ2n) is 16.9. The predicted octanol–water partition coefficient (Wildman–Crippen LogP) is 4.76. The zero-order chi connectivity index (χ0) is 46.7. The van der Waals surface area contributed by atoms with Gasteiger partial charge in [-0.3, -0.25) is 20.2 Å². The number of rotatable bonds is 23. The Labute approximate surface area is 384 Å². The fourth-order valence-electron chi connectivity index (χ4n) is 8.47. The van der Waals surface area contributed by atoms with Gasteiger partial charge >= 0.3 is 0 Å². The Bertz CT molecular complexity index is 1950. The third-order valence-electron chi connectivity index (χ3n) is 11.6. The molecule has 0 bridgehead atoms. The average Bonchev–Trinajstić information content (AvgIpc) is 3.88. The second kappa shape index (κ2) is 23.4. The molecule has 6 rings (SSSR count). The molecule has 3 saturated heterocycles. The van der Waals surface area contributed by atoms with Gasteiger partial charge in [0.05, 0.1) is 66.0 Å². The molecule has 0 radical (unpaired) electrons. The maximum absolute atomic E-state index is 13.6. The van der Waals surface area contributed by atoms with E-state index in [0.29, 0.717) is 11.5 Å². The monoisotopic (exact) mass is 919 g/mol. The van der Waals surface area contributed by atoms with Crippen LogP contribution in [0, 0.1) is 17.2 Å². The van der Waals surface area contributed by atoms with Gasteiger partial charge in [0.25, 0.3) is 8.53 Å². The number of fused-ring (bicyclic) bond motifs is 1. The van der Waals surface area contributed by atoms with Gasteiger partial charge in [0.2, 0.25) is 11.8 Å². The van der Waals surface area contributed by atoms with Crippen molar-refractivity contribution < 1.29 is 47.1 Å². The molecule has 3 heterocycles. The molecule has 4 N–H and O–H groups in total. The van der Waals surface area contributed by atoms with E-state index >= 15 is 0 Å². The van der Waals surface area contributed by atoms with Gasteiger partial charge in [0, 0.05) is 25.1 Å². The number of amides is 2. The molecule has 18 heteroatoms. The maximum atomic E-state index is 13.6. The summed E-state index contributed by atoms with van der Waals surface area (Å²) in [6.07, 6.45) is -4.52. The average molecular weight is 920 g/mol. The van der Waals surface area contributed by atoms with E-state index in [0.717, 1.165) is 16.7 Å². The van der Waals surface area contributed by atoms with Gasteiger partial charge in [-0.05, 0) is 68.7 Å². The zero-order valence-corrected chi connectivity index (χ0v) is 39.8. The van der Waals surface area contributed by atoms with E-state index in [9.17, 15) is 14.9 Å². The Hall–Kier alpha value is -4.28. The number of hydrogen-bond donors (Lipinski definition) is 4. The van der Waals surface area contributed by atoms with E-state index in [1.165, 1.54) is 0 Å². The molecule has 17 nitrogen and oxygen atoms in total. The molecule has 3 aromatic carbocycles. The molecule has 0 spiro atoms. The van der Waals surface area contributed by atoms with Crippen molar-refractivity contribution in [3.8, 4) is 17.6 Å². The van der Waals surface area contributed by atoms with E-state index in [1.807, 2.05) is 83.8 Å². The molecule has 3 aliphatic heterocycles. The van der Waals surface area contributed by atoms with Crippen molar-refractivity contribution in [2.45, 2.75) is 109 Å². The summed E-state index contributed by atoms with van der Waals surface area (Å²) < 4.78 is 54.0.